The molecular weight excluding hydrogens is 439 g/mol. The van der Waals surface area contributed by atoms with Crippen LogP contribution in [0.15, 0.2) is 23.2 Å². The minimum absolute atomic E-state index is 0. The first-order valence-electron chi connectivity index (χ1n) is 9.45. The lowest BCUT2D eigenvalue weighted by atomic mass is 10.0. The molecule has 26 heavy (non-hydrogen) atoms. The highest BCUT2D eigenvalue weighted by atomic mass is 127. The number of anilines is 1. The number of hydrogen-bond acceptors (Lipinski definition) is 4. The summed E-state index contributed by atoms with van der Waals surface area (Å²) >= 11 is 0. The number of nitrogens with zero attached hydrogens (tertiary/aromatic N) is 4. The maximum atomic E-state index is 4.64. The average Bonchev–Trinajstić information content (AvgIpc) is 2.64. The first-order chi connectivity index (χ1) is 12.1. The van der Waals surface area contributed by atoms with Gasteiger partial charge in [-0.25, -0.2) is 4.98 Å². The van der Waals surface area contributed by atoms with E-state index in [-0.39, 0.29) is 24.0 Å². The standard InChI is InChI=1S/C19H34N6.HI/c1-5-6-12-25-13-10-16(11-14-25)23-19(20-2)21-15-17-8-7-9-18(22-17)24(3)4;/h7-9,16H,5-6,10-15H2,1-4H3,(H2,20,21,23);1H. The summed E-state index contributed by atoms with van der Waals surface area (Å²) in [5.41, 5.74) is 1.02. The molecule has 2 heterocycles. The Bertz CT molecular complexity index is 541. The molecule has 0 atom stereocenters. The number of rotatable bonds is 7. The zero-order chi connectivity index (χ0) is 18.1. The fraction of sp³-hybridized carbons (Fsp3) is 0.684. The third kappa shape index (κ3) is 7.65. The molecule has 0 bridgehead atoms. The Hall–Kier alpha value is -1.09. The summed E-state index contributed by atoms with van der Waals surface area (Å²) in [4.78, 5) is 13.6. The molecule has 0 spiro atoms. The van der Waals surface area contributed by atoms with E-state index in [9.17, 15) is 0 Å². The van der Waals surface area contributed by atoms with E-state index in [0.717, 1.165) is 17.5 Å². The number of nitrogens with one attached hydrogen (secondary N) is 2. The molecule has 2 rings (SSSR count). The Kier molecular flexibility index (Phi) is 10.9. The van der Waals surface area contributed by atoms with Crippen molar-refractivity contribution in [1.82, 2.24) is 20.5 Å². The van der Waals surface area contributed by atoms with Crippen molar-refractivity contribution in [1.29, 1.82) is 0 Å². The first kappa shape index (κ1) is 23.0. The largest absolute Gasteiger partial charge is 0.363 e. The van der Waals surface area contributed by atoms with Gasteiger partial charge in [-0.15, -0.1) is 24.0 Å². The van der Waals surface area contributed by atoms with Gasteiger partial charge in [-0.1, -0.05) is 19.4 Å². The summed E-state index contributed by atoms with van der Waals surface area (Å²) in [7, 11) is 5.84. The van der Waals surface area contributed by atoms with Crippen molar-refractivity contribution >= 4 is 35.8 Å². The van der Waals surface area contributed by atoms with Gasteiger partial charge in [0.25, 0.3) is 0 Å². The molecule has 2 N–H and O–H groups in total. The van der Waals surface area contributed by atoms with Crippen LogP contribution in [0.4, 0.5) is 5.82 Å². The van der Waals surface area contributed by atoms with Gasteiger partial charge in [0.15, 0.2) is 5.96 Å². The fourth-order valence-corrected chi connectivity index (χ4v) is 3.06. The van der Waals surface area contributed by atoms with E-state index in [0.29, 0.717) is 12.6 Å². The maximum absolute atomic E-state index is 4.64. The van der Waals surface area contributed by atoms with Gasteiger partial charge in [0, 0.05) is 40.3 Å². The second-order valence-corrected chi connectivity index (χ2v) is 6.92. The van der Waals surface area contributed by atoms with Gasteiger partial charge in [-0.2, -0.15) is 0 Å². The third-order valence-electron chi connectivity index (χ3n) is 4.67. The van der Waals surface area contributed by atoms with Gasteiger partial charge in [0.1, 0.15) is 5.82 Å². The maximum Gasteiger partial charge on any atom is 0.191 e. The Morgan fingerprint density at radius 1 is 1.31 bits per heavy atom. The monoisotopic (exact) mass is 474 g/mol. The molecule has 0 amide bonds. The van der Waals surface area contributed by atoms with E-state index in [1.165, 1.54) is 45.3 Å². The van der Waals surface area contributed by atoms with E-state index < -0.39 is 0 Å². The normalized spacial score (nSPS) is 16.1. The molecule has 6 nitrogen and oxygen atoms in total. The summed E-state index contributed by atoms with van der Waals surface area (Å²) < 4.78 is 0. The van der Waals surface area contributed by atoms with Crippen molar-refractivity contribution in [3.8, 4) is 0 Å². The number of likely N-dealkylation sites (tertiary alicyclic amines) is 1. The molecule has 0 aliphatic carbocycles. The molecule has 0 saturated carbocycles. The Labute approximate surface area is 175 Å². The summed E-state index contributed by atoms with van der Waals surface area (Å²) in [5.74, 6) is 1.84. The van der Waals surface area contributed by atoms with Gasteiger partial charge in [-0.3, -0.25) is 4.99 Å². The number of aromatic nitrogens is 1. The average molecular weight is 474 g/mol. The number of hydrogen-bond donors (Lipinski definition) is 2. The minimum Gasteiger partial charge on any atom is -0.363 e. The fourth-order valence-electron chi connectivity index (χ4n) is 3.06. The number of unbranched alkanes of at least 4 members (excludes halogenated alkanes) is 1. The number of pyridine rings is 1. The second-order valence-electron chi connectivity index (χ2n) is 6.92. The molecule has 7 heteroatoms. The van der Waals surface area contributed by atoms with E-state index >= 15 is 0 Å². The molecule has 1 aromatic heterocycles. The molecular formula is C19H35IN6. The predicted octanol–water partition coefficient (Wildman–Crippen LogP) is 2.70. The summed E-state index contributed by atoms with van der Waals surface area (Å²) in [6.07, 6.45) is 4.94. The number of aliphatic imine (C=N–C) groups is 1. The number of guanidine groups is 1. The quantitative estimate of drug-likeness (QED) is 0.362. The van der Waals surface area contributed by atoms with E-state index in [4.69, 9.17) is 0 Å². The highest BCUT2D eigenvalue weighted by Crippen LogP contribution is 2.11. The molecule has 0 aromatic carbocycles. The van der Waals surface area contributed by atoms with Crippen molar-refractivity contribution < 1.29 is 0 Å². The number of halogens is 1. The third-order valence-corrected chi connectivity index (χ3v) is 4.67. The summed E-state index contributed by atoms with van der Waals surface area (Å²) in [6.45, 7) is 6.54. The van der Waals surface area contributed by atoms with Crippen LogP contribution in [0.2, 0.25) is 0 Å². The SMILES string of the molecule is CCCCN1CCC(NC(=NC)NCc2cccc(N(C)C)n2)CC1.I. The van der Waals surface area contributed by atoms with Gasteiger partial charge >= 0.3 is 0 Å². The molecule has 1 saturated heterocycles. The van der Waals surface area contributed by atoms with E-state index in [1.54, 1.807) is 0 Å². The topological polar surface area (TPSA) is 55.8 Å². The lowest BCUT2D eigenvalue weighted by Gasteiger charge is -2.33. The molecule has 0 unspecified atom stereocenters. The zero-order valence-electron chi connectivity index (χ0n) is 16.7. The number of piperidine rings is 1. The molecule has 1 aliphatic heterocycles. The molecule has 148 valence electrons. The first-order valence-corrected chi connectivity index (χ1v) is 9.45. The van der Waals surface area contributed by atoms with Crippen LogP contribution < -0.4 is 15.5 Å². The van der Waals surface area contributed by atoms with E-state index in [1.807, 2.05) is 44.2 Å². The van der Waals surface area contributed by atoms with Crippen molar-refractivity contribution in [2.45, 2.75) is 45.2 Å². The van der Waals surface area contributed by atoms with Crippen molar-refractivity contribution in [2.24, 2.45) is 4.99 Å². The Balaban J connectivity index is 0.00000338. The highest BCUT2D eigenvalue weighted by molar-refractivity contribution is 14.0. The van der Waals surface area contributed by atoms with Crippen LogP contribution in [0.3, 0.4) is 0 Å². The van der Waals surface area contributed by atoms with Gasteiger partial charge < -0.3 is 20.4 Å². The van der Waals surface area contributed by atoms with Crippen LogP contribution in [0.25, 0.3) is 0 Å². The van der Waals surface area contributed by atoms with Crippen LogP contribution in [-0.4, -0.2) is 62.7 Å². The van der Waals surface area contributed by atoms with Gasteiger partial charge in [0.05, 0.1) is 12.2 Å². The Morgan fingerprint density at radius 2 is 2.04 bits per heavy atom. The van der Waals surface area contributed by atoms with Crippen LogP contribution in [0.1, 0.15) is 38.3 Å². The van der Waals surface area contributed by atoms with E-state index in [2.05, 4.69) is 32.4 Å². The second kappa shape index (κ2) is 12.3. The summed E-state index contributed by atoms with van der Waals surface area (Å²) in [6, 6.07) is 6.61. The van der Waals surface area contributed by atoms with Crippen molar-refractivity contribution in [3.63, 3.8) is 0 Å². The van der Waals surface area contributed by atoms with Gasteiger partial charge in [0.2, 0.25) is 0 Å². The van der Waals surface area contributed by atoms with Crippen molar-refractivity contribution in [2.75, 3.05) is 45.7 Å². The molecule has 1 fully saturated rings. The van der Waals surface area contributed by atoms with Crippen LogP contribution in [0, 0.1) is 0 Å². The van der Waals surface area contributed by atoms with Crippen LogP contribution in [-0.2, 0) is 6.54 Å². The zero-order valence-corrected chi connectivity index (χ0v) is 19.0. The minimum atomic E-state index is 0. The Morgan fingerprint density at radius 3 is 2.65 bits per heavy atom. The molecule has 1 aliphatic rings. The molecule has 1 aromatic rings. The summed E-state index contributed by atoms with van der Waals surface area (Å²) in [5, 5.41) is 6.95. The smallest absolute Gasteiger partial charge is 0.191 e. The lowest BCUT2D eigenvalue weighted by molar-refractivity contribution is 0.203. The van der Waals surface area contributed by atoms with Gasteiger partial charge in [-0.05, 0) is 37.9 Å². The van der Waals surface area contributed by atoms with Crippen molar-refractivity contribution in [3.05, 3.63) is 23.9 Å². The lowest BCUT2D eigenvalue weighted by Crippen LogP contribution is -2.48. The molecule has 0 radical (unpaired) electrons. The predicted molar refractivity (Wildman–Crippen MR) is 122 cm³/mol. The van der Waals surface area contributed by atoms with Crippen LogP contribution >= 0.6 is 24.0 Å². The highest BCUT2D eigenvalue weighted by Gasteiger charge is 2.19. The van der Waals surface area contributed by atoms with Crippen LogP contribution in [0.5, 0.6) is 0 Å².